The standard InChI is InChI=1S/C19H24N4O4S/c1-12(2)20-18(25)22-19-21-15-7-8-23(10-16(15)28-19)17(24)11-27-14-6-4-5-13(9-14)26-3/h4-6,9,12H,7-8,10-11H2,1-3H3,(H2,20,21,22,25). The first-order valence-corrected chi connectivity index (χ1v) is 9.87. The second-order valence-electron chi connectivity index (χ2n) is 6.68. The summed E-state index contributed by atoms with van der Waals surface area (Å²) in [5.41, 5.74) is 0.933. The number of urea groups is 1. The Bertz CT molecular complexity index is 852. The SMILES string of the molecule is COc1cccc(OCC(=O)N2CCc3nc(NC(=O)NC(C)C)sc3C2)c1. The van der Waals surface area contributed by atoms with E-state index in [2.05, 4.69) is 15.6 Å². The molecule has 8 nitrogen and oxygen atoms in total. The number of benzene rings is 1. The van der Waals surface area contributed by atoms with Crippen LogP contribution in [0.4, 0.5) is 9.93 Å². The fourth-order valence-corrected chi connectivity index (χ4v) is 3.80. The van der Waals surface area contributed by atoms with E-state index in [1.807, 2.05) is 26.0 Å². The van der Waals surface area contributed by atoms with Gasteiger partial charge in [-0.1, -0.05) is 17.4 Å². The van der Waals surface area contributed by atoms with Crippen LogP contribution < -0.4 is 20.1 Å². The highest BCUT2D eigenvalue weighted by Gasteiger charge is 2.25. The second kappa shape index (κ2) is 8.92. The molecule has 0 saturated carbocycles. The summed E-state index contributed by atoms with van der Waals surface area (Å²) in [5.74, 6) is 1.18. The lowest BCUT2D eigenvalue weighted by Crippen LogP contribution is -2.38. The molecule has 2 aromatic rings. The predicted molar refractivity (Wildman–Crippen MR) is 107 cm³/mol. The van der Waals surface area contributed by atoms with Crippen LogP contribution in [0.1, 0.15) is 24.4 Å². The Hall–Kier alpha value is -2.81. The Labute approximate surface area is 167 Å². The molecule has 0 aliphatic carbocycles. The Morgan fingerprint density at radius 2 is 2.11 bits per heavy atom. The van der Waals surface area contributed by atoms with Crippen molar-refractivity contribution in [1.29, 1.82) is 0 Å². The molecule has 28 heavy (non-hydrogen) atoms. The first kappa shape index (κ1) is 19.9. The summed E-state index contributed by atoms with van der Waals surface area (Å²) in [6.45, 7) is 4.80. The minimum Gasteiger partial charge on any atom is -0.497 e. The van der Waals surface area contributed by atoms with Crippen LogP contribution in [0, 0.1) is 0 Å². The van der Waals surface area contributed by atoms with Crippen molar-refractivity contribution in [1.82, 2.24) is 15.2 Å². The highest BCUT2D eigenvalue weighted by atomic mass is 32.1. The quantitative estimate of drug-likeness (QED) is 0.772. The minimum absolute atomic E-state index is 0.0385. The van der Waals surface area contributed by atoms with Gasteiger partial charge in [-0.3, -0.25) is 10.1 Å². The number of rotatable bonds is 6. The maximum atomic E-state index is 12.5. The van der Waals surface area contributed by atoms with E-state index in [1.54, 1.807) is 24.1 Å². The summed E-state index contributed by atoms with van der Waals surface area (Å²) in [6, 6.07) is 6.93. The number of carbonyl (C=O) groups excluding carboxylic acids is 2. The Morgan fingerprint density at radius 1 is 1.32 bits per heavy atom. The van der Waals surface area contributed by atoms with E-state index in [9.17, 15) is 9.59 Å². The van der Waals surface area contributed by atoms with Crippen molar-refractivity contribution in [3.05, 3.63) is 34.8 Å². The van der Waals surface area contributed by atoms with Crippen LogP contribution in [0.2, 0.25) is 0 Å². The van der Waals surface area contributed by atoms with E-state index < -0.39 is 0 Å². The fourth-order valence-electron chi connectivity index (χ4n) is 2.78. The number of methoxy groups -OCH3 is 1. The Kier molecular flexibility index (Phi) is 6.35. The van der Waals surface area contributed by atoms with Gasteiger partial charge in [-0.05, 0) is 26.0 Å². The number of ether oxygens (including phenoxy) is 2. The van der Waals surface area contributed by atoms with E-state index in [-0.39, 0.29) is 24.6 Å². The Balaban J connectivity index is 1.55. The molecule has 0 fully saturated rings. The van der Waals surface area contributed by atoms with Crippen LogP contribution in [-0.4, -0.2) is 48.1 Å². The van der Waals surface area contributed by atoms with Crippen molar-refractivity contribution in [3.63, 3.8) is 0 Å². The van der Waals surface area contributed by atoms with Gasteiger partial charge >= 0.3 is 6.03 Å². The maximum absolute atomic E-state index is 12.5. The monoisotopic (exact) mass is 404 g/mol. The van der Waals surface area contributed by atoms with Crippen LogP contribution in [0.3, 0.4) is 0 Å². The number of hydrogen-bond acceptors (Lipinski definition) is 6. The van der Waals surface area contributed by atoms with Gasteiger partial charge in [-0.2, -0.15) is 0 Å². The molecule has 0 spiro atoms. The van der Waals surface area contributed by atoms with Crippen LogP contribution in [-0.2, 0) is 17.8 Å². The normalized spacial score (nSPS) is 13.1. The summed E-state index contributed by atoms with van der Waals surface area (Å²) >= 11 is 1.40. The molecule has 1 aliphatic heterocycles. The van der Waals surface area contributed by atoms with E-state index in [4.69, 9.17) is 9.47 Å². The van der Waals surface area contributed by atoms with E-state index in [0.717, 1.165) is 10.6 Å². The molecule has 1 aromatic carbocycles. The molecule has 1 aromatic heterocycles. The third kappa shape index (κ3) is 5.13. The van der Waals surface area contributed by atoms with Gasteiger partial charge in [0.05, 0.1) is 19.3 Å². The van der Waals surface area contributed by atoms with Gasteiger partial charge in [0.25, 0.3) is 5.91 Å². The third-order valence-corrected chi connectivity index (χ3v) is 5.13. The number of nitrogens with zero attached hydrogens (tertiary/aromatic N) is 2. The number of carbonyl (C=O) groups is 2. The molecule has 1 aliphatic rings. The zero-order valence-corrected chi connectivity index (χ0v) is 17.0. The van der Waals surface area contributed by atoms with E-state index in [1.165, 1.54) is 11.3 Å². The number of anilines is 1. The molecule has 3 amide bonds. The average molecular weight is 404 g/mol. The molecule has 2 heterocycles. The maximum Gasteiger partial charge on any atom is 0.321 e. The first-order chi connectivity index (χ1) is 13.4. The Morgan fingerprint density at radius 3 is 2.86 bits per heavy atom. The number of aromatic nitrogens is 1. The molecule has 9 heteroatoms. The van der Waals surface area contributed by atoms with Crippen LogP contribution in [0.25, 0.3) is 0 Å². The molecule has 2 N–H and O–H groups in total. The zero-order chi connectivity index (χ0) is 20.1. The lowest BCUT2D eigenvalue weighted by Gasteiger charge is -2.26. The van der Waals surface area contributed by atoms with Crippen molar-refractivity contribution >= 4 is 28.4 Å². The molecule has 150 valence electrons. The van der Waals surface area contributed by atoms with Crippen molar-refractivity contribution in [2.75, 3.05) is 25.6 Å². The summed E-state index contributed by atoms with van der Waals surface area (Å²) in [7, 11) is 1.58. The van der Waals surface area contributed by atoms with Gasteiger partial charge in [-0.25, -0.2) is 9.78 Å². The van der Waals surface area contributed by atoms with Crippen LogP contribution >= 0.6 is 11.3 Å². The zero-order valence-electron chi connectivity index (χ0n) is 16.2. The van der Waals surface area contributed by atoms with E-state index in [0.29, 0.717) is 36.1 Å². The molecule has 0 radical (unpaired) electrons. The number of hydrogen-bond donors (Lipinski definition) is 2. The van der Waals surface area contributed by atoms with Crippen molar-refractivity contribution < 1.29 is 19.1 Å². The van der Waals surface area contributed by atoms with Gasteiger partial charge in [0, 0.05) is 30.0 Å². The number of amides is 3. The molecule has 0 saturated heterocycles. The van der Waals surface area contributed by atoms with Crippen molar-refractivity contribution in [3.8, 4) is 11.5 Å². The lowest BCUT2D eigenvalue weighted by atomic mass is 10.2. The van der Waals surface area contributed by atoms with Gasteiger partial charge in [-0.15, -0.1) is 0 Å². The van der Waals surface area contributed by atoms with Crippen LogP contribution in [0.5, 0.6) is 11.5 Å². The van der Waals surface area contributed by atoms with Gasteiger partial charge in [0.1, 0.15) is 11.5 Å². The smallest absolute Gasteiger partial charge is 0.321 e. The summed E-state index contributed by atoms with van der Waals surface area (Å²) in [4.78, 5) is 31.5. The number of thiazole rings is 1. The average Bonchev–Trinajstić information content (AvgIpc) is 3.06. The topological polar surface area (TPSA) is 92.8 Å². The van der Waals surface area contributed by atoms with Gasteiger partial charge in [0.2, 0.25) is 0 Å². The molecule has 3 rings (SSSR count). The number of nitrogens with one attached hydrogen (secondary N) is 2. The second-order valence-corrected chi connectivity index (χ2v) is 7.76. The van der Waals surface area contributed by atoms with E-state index >= 15 is 0 Å². The summed E-state index contributed by atoms with van der Waals surface area (Å²) < 4.78 is 10.8. The van der Waals surface area contributed by atoms with Gasteiger partial charge in [0.15, 0.2) is 11.7 Å². The fraction of sp³-hybridized carbons (Fsp3) is 0.421. The predicted octanol–water partition coefficient (Wildman–Crippen LogP) is 2.65. The first-order valence-electron chi connectivity index (χ1n) is 9.05. The van der Waals surface area contributed by atoms with Crippen LogP contribution in [0.15, 0.2) is 24.3 Å². The molecular weight excluding hydrogens is 380 g/mol. The molecule has 0 atom stereocenters. The molecule has 0 unspecified atom stereocenters. The lowest BCUT2D eigenvalue weighted by molar-refractivity contribution is -0.134. The minimum atomic E-state index is -0.277. The van der Waals surface area contributed by atoms with Crippen molar-refractivity contribution in [2.45, 2.75) is 32.9 Å². The number of fused-ring (bicyclic) bond motifs is 1. The molecule has 0 bridgehead atoms. The third-order valence-electron chi connectivity index (χ3n) is 4.13. The summed E-state index contributed by atoms with van der Waals surface area (Å²) in [6.07, 6.45) is 0.657. The highest BCUT2D eigenvalue weighted by molar-refractivity contribution is 7.15. The van der Waals surface area contributed by atoms with Crippen molar-refractivity contribution in [2.24, 2.45) is 0 Å². The molecular formula is C19H24N4O4S. The summed E-state index contributed by atoms with van der Waals surface area (Å²) in [5, 5.41) is 6.06. The van der Waals surface area contributed by atoms with Gasteiger partial charge < -0.3 is 19.7 Å². The largest absolute Gasteiger partial charge is 0.497 e. The highest BCUT2D eigenvalue weighted by Crippen LogP contribution is 2.28.